The summed E-state index contributed by atoms with van der Waals surface area (Å²) in [5.41, 5.74) is 0.789. The molecule has 0 heterocycles. The van der Waals surface area contributed by atoms with E-state index in [0.29, 0.717) is 11.3 Å². The number of rotatable bonds is 10. The molecule has 1 atom stereocenters. The number of carbonyl (C=O) groups excluding carboxylic acids is 2. The van der Waals surface area contributed by atoms with Crippen LogP contribution in [0, 0.1) is 10.1 Å². The molecule has 0 aliphatic heterocycles. The summed E-state index contributed by atoms with van der Waals surface area (Å²) in [6.45, 7) is 1.46. The molecular formula is C21H25N3O7. The number of benzene rings is 2. The van der Waals surface area contributed by atoms with Crippen molar-refractivity contribution in [3.05, 3.63) is 70.3 Å². The second-order valence-corrected chi connectivity index (χ2v) is 6.35. The molecule has 0 aliphatic carbocycles. The normalized spacial score (nSPS) is 11.5. The van der Waals surface area contributed by atoms with E-state index in [1.54, 1.807) is 37.3 Å². The summed E-state index contributed by atoms with van der Waals surface area (Å²) in [5.74, 6) is -0.611. The molecule has 31 heavy (non-hydrogen) atoms. The van der Waals surface area contributed by atoms with Crippen LogP contribution in [0.2, 0.25) is 0 Å². The molecule has 2 amide bonds. The van der Waals surface area contributed by atoms with Gasteiger partial charge in [0.1, 0.15) is 13.5 Å². The van der Waals surface area contributed by atoms with Crippen LogP contribution in [0.25, 0.3) is 0 Å². The van der Waals surface area contributed by atoms with Crippen LogP contribution in [-0.4, -0.2) is 56.1 Å². The van der Waals surface area contributed by atoms with E-state index in [2.05, 4.69) is 0 Å². The molecular weight excluding hydrogens is 406 g/mol. The molecule has 0 spiro atoms. The lowest BCUT2D eigenvalue weighted by Crippen LogP contribution is -2.49. The Kier molecular flexibility index (Phi) is 8.92. The van der Waals surface area contributed by atoms with Gasteiger partial charge in [-0.05, 0) is 24.6 Å². The van der Waals surface area contributed by atoms with Gasteiger partial charge in [-0.3, -0.25) is 19.9 Å². The molecule has 0 radical (unpaired) electrons. The summed E-state index contributed by atoms with van der Waals surface area (Å²) in [6.07, 6.45) is 0. The fourth-order valence-electron chi connectivity index (χ4n) is 2.96. The lowest BCUT2D eigenvalue weighted by Gasteiger charge is -2.34. The number of amides is 2. The Bertz CT molecular complexity index is 874. The average Bonchev–Trinajstić information content (AvgIpc) is 2.77. The SMILES string of the molecule is CCOC(=O)[C@H](c1ccccc1)N(COC)C(=O)N(COC)c1ccc([N+](=O)[O-])cc1. The van der Waals surface area contributed by atoms with Gasteiger partial charge in [-0.15, -0.1) is 0 Å². The van der Waals surface area contributed by atoms with Gasteiger partial charge < -0.3 is 14.2 Å². The van der Waals surface area contributed by atoms with Crippen LogP contribution in [0.15, 0.2) is 54.6 Å². The van der Waals surface area contributed by atoms with Crippen LogP contribution in [0.4, 0.5) is 16.2 Å². The highest BCUT2D eigenvalue weighted by Crippen LogP contribution is 2.27. The zero-order chi connectivity index (χ0) is 22.8. The maximum atomic E-state index is 13.5. The summed E-state index contributed by atoms with van der Waals surface area (Å²) in [5, 5.41) is 10.9. The summed E-state index contributed by atoms with van der Waals surface area (Å²) < 4.78 is 15.6. The van der Waals surface area contributed by atoms with Crippen LogP contribution in [-0.2, 0) is 19.0 Å². The number of methoxy groups -OCH3 is 2. The molecule has 10 nitrogen and oxygen atoms in total. The standard InChI is InChI=1S/C21H25N3O7/c1-4-31-20(25)19(16-8-6-5-7-9-16)23(15-30-3)21(26)22(14-29-2)17-10-12-18(13-11-17)24(27)28/h5-13,19H,4,14-15H2,1-3H3/t19-/m0/s1. The number of hydrogen-bond acceptors (Lipinski definition) is 7. The topological polar surface area (TPSA) is 111 Å². The molecule has 2 rings (SSSR count). The molecule has 2 aromatic carbocycles. The molecule has 2 aromatic rings. The fourth-order valence-corrected chi connectivity index (χ4v) is 2.96. The minimum atomic E-state index is -1.06. The Hall–Kier alpha value is -3.50. The molecule has 0 saturated carbocycles. The van der Waals surface area contributed by atoms with Crippen LogP contribution in [0.3, 0.4) is 0 Å². The van der Waals surface area contributed by atoms with Crippen LogP contribution >= 0.6 is 0 Å². The number of ether oxygens (including phenoxy) is 3. The first-order valence-electron chi connectivity index (χ1n) is 9.46. The average molecular weight is 431 g/mol. The molecule has 0 bridgehead atoms. The monoisotopic (exact) mass is 431 g/mol. The van der Waals surface area contributed by atoms with E-state index in [1.165, 1.54) is 48.3 Å². The van der Waals surface area contributed by atoms with Gasteiger partial charge >= 0.3 is 12.0 Å². The zero-order valence-corrected chi connectivity index (χ0v) is 17.6. The van der Waals surface area contributed by atoms with Gasteiger partial charge in [-0.1, -0.05) is 30.3 Å². The van der Waals surface area contributed by atoms with Gasteiger partial charge in [-0.2, -0.15) is 0 Å². The first kappa shape index (κ1) is 23.8. The maximum absolute atomic E-state index is 13.5. The molecule has 0 unspecified atom stereocenters. The van der Waals surface area contributed by atoms with E-state index >= 15 is 0 Å². The molecule has 0 aliphatic rings. The van der Waals surface area contributed by atoms with E-state index in [1.807, 2.05) is 0 Å². The molecule has 0 N–H and O–H groups in total. The van der Waals surface area contributed by atoms with Crippen molar-refractivity contribution in [2.75, 3.05) is 39.2 Å². The highest BCUT2D eigenvalue weighted by Gasteiger charge is 2.35. The van der Waals surface area contributed by atoms with Crippen molar-refractivity contribution in [1.82, 2.24) is 4.90 Å². The number of urea groups is 1. The van der Waals surface area contributed by atoms with Crippen molar-refractivity contribution in [1.29, 1.82) is 0 Å². The van der Waals surface area contributed by atoms with Crippen molar-refractivity contribution in [2.24, 2.45) is 0 Å². The predicted octanol–water partition coefficient (Wildman–Crippen LogP) is 3.34. The Morgan fingerprint density at radius 2 is 1.61 bits per heavy atom. The first-order valence-corrected chi connectivity index (χ1v) is 9.46. The summed E-state index contributed by atoms with van der Waals surface area (Å²) in [4.78, 5) is 39.2. The predicted molar refractivity (Wildman–Crippen MR) is 112 cm³/mol. The fraction of sp³-hybridized carbons (Fsp3) is 0.333. The molecule has 0 saturated heterocycles. The van der Waals surface area contributed by atoms with Crippen molar-refractivity contribution in [3.63, 3.8) is 0 Å². The molecule has 0 aromatic heterocycles. The molecule has 0 fully saturated rings. The Morgan fingerprint density at radius 3 is 2.13 bits per heavy atom. The number of nitro groups is 1. The first-order chi connectivity index (χ1) is 14.9. The number of non-ortho nitro benzene ring substituents is 1. The lowest BCUT2D eigenvalue weighted by molar-refractivity contribution is -0.384. The Morgan fingerprint density at radius 1 is 1.00 bits per heavy atom. The van der Waals surface area contributed by atoms with E-state index in [-0.39, 0.29) is 25.8 Å². The third-order valence-electron chi connectivity index (χ3n) is 4.31. The number of carbonyl (C=O) groups is 2. The van der Waals surface area contributed by atoms with Crippen molar-refractivity contribution in [2.45, 2.75) is 13.0 Å². The second kappa shape index (κ2) is 11.6. The van der Waals surface area contributed by atoms with Crippen molar-refractivity contribution < 1.29 is 28.7 Å². The van der Waals surface area contributed by atoms with Crippen molar-refractivity contribution >= 4 is 23.4 Å². The van der Waals surface area contributed by atoms with E-state index in [0.717, 1.165) is 0 Å². The van der Waals surface area contributed by atoms with Crippen LogP contribution < -0.4 is 4.90 Å². The third kappa shape index (κ3) is 6.00. The molecule has 10 heteroatoms. The number of hydrogen-bond donors (Lipinski definition) is 0. The van der Waals surface area contributed by atoms with Gasteiger partial charge in [0, 0.05) is 32.0 Å². The van der Waals surface area contributed by atoms with Gasteiger partial charge in [0.15, 0.2) is 6.04 Å². The summed E-state index contributed by atoms with van der Waals surface area (Å²) in [6, 6.07) is 12.5. The van der Waals surface area contributed by atoms with Crippen LogP contribution in [0.1, 0.15) is 18.5 Å². The second-order valence-electron chi connectivity index (χ2n) is 6.35. The minimum absolute atomic E-state index is 0.115. The van der Waals surface area contributed by atoms with Gasteiger partial charge in [-0.25, -0.2) is 9.59 Å². The van der Waals surface area contributed by atoms with E-state index in [4.69, 9.17) is 14.2 Å². The van der Waals surface area contributed by atoms with Gasteiger partial charge in [0.25, 0.3) is 5.69 Å². The Labute approximate surface area is 180 Å². The molecule has 166 valence electrons. The third-order valence-corrected chi connectivity index (χ3v) is 4.31. The van der Waals surface area contributed by atoms with Crippen molar-refractivity contribution in [3.8, 4) is 0 Å². The number of esters is 1. The largest absolute Gasteiger partial charge is 0.464 e. The smallest absolute Gasteiger partial charge is 0.333 e. The number of anilines is 1. The quantitative estimate of drug-likeness (QED) is 0.245. The highest BCUT2D eigenvalue weighted by atomic mass is 16.6. The highest BCUT2D eigenvalue weighted by molar-refractivity contribution is 5.95. The summed E-state index contributed by atoms with van der Waals surface area (Å²) in [7, 11) is 2.81. The minimum Gasteiger partial charge on any atom is -0.464 e. The Balaban J connectivity index is 2.47. The van der Waals surface area contributed by atoms with E-state index < -0.39 is 23.0 Å². The van der Waals surface area contributed by atoms with Crippen LogP contribution in [0.5, 0.6) is 0 Å². The van der Waals surface area contributed by atoms with Gasteiger partial charge in [0.2, 0.25) is 0 Å². The number of nitrogens with zero attached hydrogens (tertiary/aromatic N) is 3. The number of nitro benzene ring substituents is 1. The summed E-state index contributed by atoms with van der Waals surface area (Å²) >= 11 is 0. The zero-order valence-electron chi connectivity index (χ0n) is 17.6. The lowest BCUT2D eigenvalue weighted by atomic mass is 10.1. The van der Waals surface area contributed by atoms with Gasteiger partial charge in [0.05, 0.1) is 11.5 Å². The van der Waals surface area contributed by atoms with E-state index in [9.17, 15) is 19.7 Å². The maximum Gasteiger partial charge on any atom is 0.333 e.